The molecule has 2 aromatic rings. The molecule has 4 rings (SSSR count). The van der Waals surface area contributed by atoms with Gasteiger partial charge in [0.25, 0.3) is 0 Å². The van der Waals surface area contributed by atoms with Crippen LogP contribution in [0.25, 0.3) is 0 Å². The highest BCUT2D eigenvalue weighted by Crippen LogP contribution is 2.27. The average molecular weight is 308 g/mol. The first kappa shape index (κ1) is 14.9. The molecule has 0 aliphatic carbocycles. The molecule has 23 heavy (non-hydrogen) atoms. The molecule has 0 spiro atoms. The summed E-state index contributed by atoms with van der Waals surface area (Å²) in [6.45, 7) is 0.842. The minimum Gasteiger partial charge on any atom is -0.443 e. The van der Waals surface area contributed by atoms with E-state index in [2.05, 4.69) is 0 Å². The zero-order chi connectivity index (χ0) is 15.8. The highest BCUT2D eigenvalue weighted by atomic mass is 16.6. The topological polar surface area (TPSA) is 79.7 Å². The van der Waals surface area contributed by atoms with E-state index >= 15 is 0 Å². The molecule has 2 aliphatic heterocycles. The lowest BCUT2D eigenvalue weighted by Crippen LogP contribution is -2.44. The van der Waals surface area contributed by atoms with Gasteiger partial charge >= 0.3 is 14.2 Å². The molecular formula is C16H18B2N2O3. The number of hydrogen-bond donors (Lipinski definition) is 2. The number of benzene rings is 2. The Labute approximate surface area is 136 Å². The Kier molecular flexibility index (Phi) is 3.97. The smallest absolute Gasteiger partial charge is 0.443 e. The van der Waals surface area contributed by atoms with Crippen LogP contribution in [0.1, 0.15) is 23.3 Å². The van der Waals surface area contributed by atoms with E-state index in [1.807, 2.05) is 48.5 Å². The summed E-state index contributed by atoms with van der Waals surface area (Å²) in [5.74, 6) is 0. The third-order valence-corrected chi connectivity index (χ3v) is 4.44. The van der Waals surface area contributed by atoms with Gasteiger partial charge in [-0.3, -0.25) is 0 Å². The van der Waals surface area contributed by atoms with Crippen LogP contribution in [-0.4, -0.2) is 27.3 Å². The molecule has 2 aromatic carbocycles. The first-order chi connectivity index (χ1) is 11.3. The Bertz CT molecular complexity index is 656. The summed E-state index contributed by atoms with van der Waals surface area (Å²) in [6, 6.07) is 16.0. The van der Waals surface area contributed by atoms with Crippen LogP contribution in [0.5, 0.6) is 0 Å². The van der Waals surface area contributed by atoms with E-state index in [-0.39, 0.29) is 12.2 Å². The SMILES string of the molecule is NCC1OB(OB2OC(CN)c3ccccc32)c2ccccc21. The molecule has 4 N–H and O–H groups in total. The van der Waals surface area contributed by atoms with Crippen LogP contribution in [0.3, 0.4) is 0 Å². The maximum absolute atomic E-state index is 6.13. The summed E-state index contributed by atoms with van der Waals surface area (Å²) in [5, 5.41) is 0. The Morgan fingerprint density at radius 1 is 0.783 bits per heavy atom. The third-order valence-electron chi connectivity index (χ3n) is 4.44. The predicted octanol–water partition coefficient (Wildman–Crippen LogP) is -0.146. The number of rotatable bonds is 4. The monoisotopic (exact) mass is 308 g/mol. The molecule has 2 heterocycles. The van der Waals surface area contributed by atoms with Crippen molar-refractivity contribution in [1.82, 2.24) is 0 Å². The van der Waals surface area contributed by atoms with E-state index in [0.29, 0.717) is 13.1 Å². The minimum absolute atomic E-state index is 0.141. The van der Waals surface area contributed by atoms with Crippen molar-refractivity contribution in [1.29, 1.82) is 0 Å². The van der Waals surface area contributed by atoms with Crippen molar-refractivity contribution in [2.75, 3.05) is 13.1 Å². The fourth-order valence-electron chi connectivity index (χ4n) is 3.32. The minimum atomic E-state index is -0.477. The van der Waals surface area contributed by atoms with Crippen molar-refractivity contribution in [3.63, 3.8) is 0 Å². The van der Waals surface area contributed by atoms with E-state index in [0.717, 1.165) is 22.1 Å². The third kappa shape index (κ3) is 2.51. The number of hydrogen-bond acceptors (Lipinski definition) is 5. The van der Waals surface area contributed by atoms with Crippen LogP contribution in [0.4, 0.5) is 0 Å². The van der Waals surface area contributed by atoms with Gasteiger partial charge in [0.05, 0.1) is 12.2 Å². The van der Waals surface area contributed by atoms with E-state index < -0.39 is 14.2 Å². The van der Waals surface area contributed by atoms with Crippen LogP contribution in [0.15, 0.2) is 48.5 Å². The van der Waals surface area contributed by atoms with E-state index in [1.54, 1.807) is 0 Å². The van der Waals surface area contributed by atoms with Gasteiger partial charge in [-0.1, -0.05) is 48.5 Å². The summed E-state index contributed by atoms with van der Waals surface area (Å²) < 4.78 is 18.1. The quantitative estimate of drug-likeness (QED) is 0.768. The Hall–Kier alpha value is -1.63. The van der Waals surface area contributed by atoms with Crippen molar-refractivity contribution < 1.29 is 13.9 Å². The van der Waals surface area contributed by atoms with Gasteiger partial charge in [0.2, 0.25) is 0 Å². The summed E-state index contributed by atoms with van der Waals surface area (Å²) >= 11 is 0. The zero-order valence-electron chi connectivity index (χ0n) is 12.7. The molecule has 0 bridgehead atoms. The molecule has 0 radical (unpaired) electrons. The van der Waals surface area contributed by atoms with Gasteiger partial charge in [-0.05, 0) is 22.1 Å². The Morgan fingerprint density at radius 2 is 1.22 bits per heavy atom. The van der Waals surface area contributed by atoms with Crippen LogP contribution in [0.2, 0.25) is 0 Å². The lowest BCUT2D eigenvalue weighted by atomic mass is 9.71. The zero-order valence-corrected chi connectivity index (χ0v) is 12.7. The molecule has 0 amide bonds. The highest BCUT2D eigenvalue weighted by molar-refractivity contribution is 6.75. The van der Waals surface area contributed by atoms with Crippen molar-refractivity contribution in [2.24, 2.45) is 11.5 Å². The van der Waals surface area contributed by atoms with Gasteiger partial charge in [0, 0.05) is 13.1 Å². The van der Waals surface area contributed by atoms with Crippen molar-refractivity contribution in [3.8, 4) is 0 Å². The second-order valence-electron chi connectivity index (χ2n) is 5.78. The van der Waals surface area contributed by atoms with Gasteiger partial charge < -0.3 is 25.3 Å². The Morgan fingerprint density at radius 3 is 1.65 bits per heavy atom. The molecule has 2 aliphatic rings. The van der Waals surface area contributed by atoms with Crippen LogP contribution in [-0.2, 0) is 13.9 Å². The molecule has 116 valence electrons. The first-order valence-corrected chi connectivity index (χ1v) is 7.86. The normalized spacial score (nSPS) is 22.3. The maximum Gasteiger partial charge on any atom is 0.481 e. The lowest BCUT2D eigenvalue weighted by molar-refractivity contribution is 0.169. The van der Waals surface area contributed by atoms with Gasteiger partial charge in [0.15, 0.2) is 0 Å². The van der Waals surface area contributed by atoms with E-state index in [4.69, 9.17) is 25.3 Å². The molecule has 5 nitrogen and oxygen atoms in total. The van der Waals surface area contributed by atoms with Gasteiger partial charge in [-0.15, -0.1) is 0 Å². The van der Waals surface area contributed by atoms with Gasteiger partial charge in [-0.25, -0.2) is 0 Å². The van der Waals surface area contributed by atoms with Crippen molar-refractivity contribution in [2.45, 2.75) is 12.2 Å². The maximum atomic E-state index is 6.13. The number of fused-ring (bicyclic) bond motifs is 2. The predicted molar refractivity (Wildman–Crippen MR) is 90.5 cm³/mol. The standard InChI is InChI=1S/C16H18B2N2O3/c19-9-15-11-5-1-3-7-13(11)17(21-15)23-18-14-8-4-2-6-12(14)16(10-20)22-18/h1-8,15-16H,9-10,19-20H2. The summed E-state index contributed by atoms with van der Waals surface area (Å²) in [7, 11) is -0.955. The second-order valence-corrected chi connectivity index (χ2v) is 5.78. The van der Waals surface area contributed by atoms with E-state index in [1.165, 1.54) is 0 Å². The number of nitrogens with two attached hydrogens (primary N) is 2. The second kappa shape index (κ2) is 6.11. The molecule has 2 atom stereocenters. The first-order valence-electron chi connectivity index (χ1n) is 7.86. The van der Waals surface area contributed by atoms with Crippen LogP contribution in [0, 0.1) is 0 Å². The largest absolute Gasteiger partial charge is 0.481 e. The molecule has 0 saturated heterocycles. The lowest BCUT2D eigenvalue weighted by Gasteiger charge is -2.15. The molecule has 0 fully saturated rings. The Balaban J connectivity index is 1.60. The fourth-order valence-corrected chi connectivity index (χ4v) is 3.32. The molecule has 0 saturated carbocycles. The summed E-state index contributed by atoms with van der Waals surface area (Å²) in [4.78, 5) is 0. The molecule has 0 aromatic heterocycles. The molecular weight excluding hydrogens is 290 g/mol. The van der Waals surface area contributed by atoms with Crippen LogP contribution >= 0.6 is 0 Å². The average Bonchev–Trinajstić information content (AvgIpc) is 3.14. The van der Waals surface area contributed by atoms with Crippen molar-refractivity contribution in [3.05, 3.63) is 59.7 Å². The summed E-state index contributed by atoms with van der Waals surface area (Å²) in [5.41, 5.74) is 15.8. The van der Waals surface area contributed by atoms with Crippen molar-refractivity contribution >= 4 is 25.2 Å². The summed E-state index contributed by atoms with van der Waals surface area (Å²) in [6.07, 6.45) is -0.281. The highest BCUT2D eigenvalue weighted by Gasteiger charge is 2.44. The van der Waals surface area contributed by atoms with E-state index in [9.17, 15) is 0 Å². The van der Waals surface area contributed by atoms with Gasteiger partial charge in [-0.2, -0.15) is 0 Å². The fraction of sp³-hybridized carbons (Fsp3) is 0.250. The molecule has 2 unspecified atom stereocenters. The van der Waals surface area contributed by atoms with Crippen LogP contribution < -0.4 is 22.4 Å². The van der Waals surface area contributed by atoms with Gasteiger partial charge in [0.1, 0.15) is 0 Å². The molecule has 7 heteroatoms.